The molecule has 174 valence electrons. The molecular weight excluding hydrogens is 448 g/mol. The maximum atomic E-state index is 12.8. The van der Waals surface area contributed by atoms with Gasteiger partial charge in [0.2, 0.25) is 0 Å². The number of hydrogen-bond donors (Lipinski definition) is 3. The van der Waals surface area contributed by atoms with Crippen molar-refractivity contribution in [1.29, 1.82) is 0 Å². The molecule has 0 aliphatic heterocycles. The second kappa shape index (κ2) is 11.1. The van der Waals surface area contributed by atoms with Crippen LogP contribution < -0.4 is 20.1 Å². The highest BCUT2D eigenvalue weighted by molar-refractivity contribution is 7.16. The SMILES string of the molecule is COc1ccc(CNC(=O)c2cc(C)sc2NC(=O)c2ccc(C(=O)O)cc2)cc1OC.O. The zero-order chi connectivity index (χ0) is 23.3. The lowest BCUT2D eigenvalue weighted by atomic mass is 10.1. The average molecular weight is 473 g/mol. The van der Waals surface area contributed by atoms with Crippen LogP contribution >= 0.6 is 11.3 Å². The summed E-state index contributed by atoms with van der Waals surface area (Å²) in [5, 5.41) is 15.0. The minimum Gasteiger partial charge on any atom is -0.493 e. The van der Waals surface area contributed by atoms with Crippen LogP contribution in [0, 0.1) is 6.92 Å². The number of aromatic carboxylic acids is 1. The Morgan fingerprint density at radius 1 is 0.909 bits per heavy atom. The molecule has 10 heteroatoms. The Balaban J connectivity index is 0.00000385. The maximum Gasteiger partial charge on any atom is 0.335 e. The van der Waals surface area contributed by atoms with E-state index in [1.165, 1.54) is 35.6 Å². The van der Waals surface area contributed by atoms with Gasteiger partial charge in [-0.2, -0.15) is 0 Å². The highest BCUT2D eigenvalue weighted by Crippen LogP contribution is 2.29. The van der Waals surface area contributed by atoms with Gasteiger partial charge in [-0.05, 0) is 55.0 Å². The summed E-state index contributed by atoms with van der Waals surface area (Å²) in [6.07, 6.45) is 0. The molecule has 2 aromatic carbocycles. The molecule has 0 fully saturated rings. The van der Waals surface area contributed by atoms with Crippen LogP contribution in [0.3, 0.4) is 0 Å². The van der Waals surface area contributed by atoms with E-state index < -0.39 is 11.9 Å². The zero-order valence-corrected chi connectivity index (χ0v) is 19.0. The Kier molecular flexibility index (Phi) is 8.55. The number of thiophene rings is 1. The van der Waals surface area contributed by atoms with Gasteiger partial charge in [0.25, 0.3) is 11.8 Å². The van der Waals surface area contributed by atoms with E-state index in [9.17, 15) is 14.4 Å². The number of carboxylic acids is 1. The molecule has 2 amide bonds. The van der Waals surface area contributed by atoms with E-state index in [0.29, 0.717) is 22.1 Å². The summed E-state index contributed by atoms with van der Waals surface area (Å²) in [6, 6.07) is 12.6. The number of hydrogen-bond acceptors (Lipinski definition) is 6. The van der Waals surface area contributed by atoms with E-state index >= 15 is 0 Å². The van der Waals surface area contributed by atoms with Crippen molar-refractivity contribution in [2.75, 3.05) is 19.5 Å². The fourth-order valence-corrected chi connectivity index (χ4v) is 3.89. The van der Waals surface area contributed by atoms with Crippen LogP contribution in [0.25, 0.3) is 0 Å². The number of aryl methyl sites for hydroxylation is 1. The first-order chi connectivity index (χ1) is 15.3. The van der Waals surface area contributed by atoms with Crippen molar-refractivity contribution in [3.8, 4) is 11.5 Å². The quantitative estimate of drug-likeness (QED) is 0.459. The van der Waals surface area contributed by atoms with Gasteiger partial charge in [0.05, 0.1) is 25.3 Å². The van der Waals surface area contributed by atoms with E-state index in [0.717, 1.165) is 10.4 Å². The van der Waals surface area contributed by atoms with Crippen molar-refractivity contribution >= 4 is 34.1 Å². The topological polar surface area (TPSA) is 145 Å². The van der Waals surface area contributed by atoms with Gasteiger partial charge in [0, 0.05) is 17.0 Å². The van der Waals surface area contributed by atoms with Gasteiger partial charge in [0.1, 0.15) is 5.00 Å². The number of ether oxygens (including phenoxy) is 2. The number of amides is 2. The molecule has 3 rings (SSSR count). The van der Waals surface area contributed by atoms with E-state index in [4.69, 9.17) is 14.6 Å². The highest BCUT2D eigenvalue weighted by atomic mass is 32.1. The van der Waals surface area contributed by atoms with E-state index in [1.807, 2.05) is 13.0 Å². The van der Waals surface area contributed by atoms with Crippen LogP contribution in [0.5, 0.6) is 11.5 Å². The molecule has 3 aromatic rings. The molecule has 0 bridgehead atoms. The lowest BCUT2D eigenvalue weighted by molar-refractivity contribution is 0.0696. The van der Waals surface area contributed by atoms with Crippen LogP contribution in [-0.2, 0) is 6.54 Å². The minimum atomic E-state index is -1.07. The molecule has 0 unspecified atom stereocenters. The highest BCUT2D eigenvalue weighted by Gasteiger charge is 2.18. The molecule has 5 N–H and O–H groups in total. The third kappa shape index (κ3) is 6.09. The van der Waals surface area contributed by atoms with Gasteiger partial charge >= 0.3 is 5.97 Å². The molecule has 0 saturated carbocycles. The van der Waals surface area contributed by atoms with Gasteiger partial charge in [-0.1, -0.05) is 6.07 Å². The average Bonchev–Trinajstić information content (AvgIpc) is 3.17. The zero-order valence-electron chi connectivity index (χ0n) is 18.2. The molecule has 0 aliphatic carbocycles. The van der Waals surface area contributed by atoms with E-state index in [2.05, 4.69) is 10.6 Å². The summed E-state index contributed by atoms with van der Waals surface area (Å²) in [5.74, 6) is -0.678. The summed E-state index contributed by atoms with van der Waals surface area (Å²) in [7, 11) is 3.09. The standard InChI is InChI=1S/C23H22N2O6S.H2O/c1-13-10-17(21(27)24-12-14-4-9-18(30-2)19(11-14)31-3)22(32-13)25-20(26)15-5-7-16(8-6-15)23(28)29;/h4-11H,12H2,1-3H3,(H,24,27)(H,25,26)(H,28,29);1H2. The number of nitrogens with one attached hydrogen (secondary N) is 2. The van der Waals surface area contributed by atoms with Gasteiger partial charge in [-0.3, -0.25) is 9.59 Å². The Morgan fingerprint density at radius 2 is 1.55 bits per heavy atom. The van der Waals surface area contributed by atoms with Crippen LogP contribution in [0.15, 0.2) is 48.5 Å². The van der Waals surface area contributed by atoms with Crippen LogP contribution in [0.1, 0.15) is 41.5 Å². The van der Waals surface area contributed by atoms with Crippen molar-refractivity contribution in [2.24, 2.45) is 0 Å². The second-order valence-electron chi connectivity index (χ2n) is 6.81. The fraction of sp³-hybridized carbons (Fsp3) is 0.174. The van der Waals surface area contributed by atoms with Crippen molar-refractivity contribution in [3.63, 3.8) is 0 Å². The number of carbonyl (C=O) groups excluding carboxylic acids is 2. The summed E-state index contributed by atoms with van der Waals surface area (Å²) < 4.78 is 10.5. The van der Waals surface area contributed by atoms with Crippen molar-refractivity contribution < 1.29 is 34.4 Å². The van der Waals surface area contributed by atoms with Crippen LogP contribution in [-0.4, -0.2) is 42.6 Å². The molecule has 0 aliphatic rings. The van der Waals surface area contributed by atoms with Crippen molar-refractivity contribution in [1.82, 2.24) is 5.32 Å². The number of carboxylic acid groups (broad SMARTS) is 1. The molecule has 1 heterocycles. The van der Waals surface area contributed by atoms with Gasteiger partial charge in [-0.15, -0.1) is 11.3 Å². The summed E-state index contributed by atoms with van der Waals surface area (Å²) in [6.45, 7) is 2.10. The third-order valence-corrected chi connectivity index (χ3v) is 5.59. The molecule has 1 aromatic heterocycles. The third-order valence-electron chi connectivity index (χ3n) is 4.62. The largest absolute Gasteiger partial charge is 0.493 e. The van der Waals surface area contributed by atoms with Crippen molar-refractivity contribution in [3.05, 3.63) is 75.7 Å². The summed E-state index contributed by atoms with van der Waals surface area (Å²) >= 11 is 1.28. The minimum absolute atomic E-state index is 0. The Labute approximate surface area is 194 Å². The lowest BCUT2D eigenvalue weighted by Crippen LogP contribution is -2.24. The summed E-state index contributed by atoms with van der Waals surface area (Å²) in [4.78, 5) is 37.2. The predicted octanol–water partition coefficient (Wildman–Crippen LogP) is 3.13. The molecule has 9 nitrogen and oxygen atoms in total. The normalized spacial score (nSPS) is 10.0. The fourth-order valence-electron chi connectivity index (χ4n) is 2.98. The first kappa shape index (κ1) is 25.4. The first-order valence-corrected chi connectivity index (χ1v) is 10.4. The van der Waals surface area contributed by atoms with E-state index in [-0.39, 0.29) is 29.1 Å². The Bertz CT molecular complexity index is 1160. The number of benzene rings is 2. The maximum absolute atomic E-state index is 12.8. The smallest absolute Gasteiger partial charge is 0.335 e. The molecule has 0 spiro atoms. The van der Waals surface area contributed by atoms with Crippen molar-refractivity contribution in [2.45, 2.75) is 13.5 Å². The number of methoxy groups -OCH3 is 2. The Morgan fingerprint density at radius 3 is 2.15 bits per heavy atom. The van der Waals surface area contributed by atoms with Crippen LogP contribution in [0.4, 0.5) is 5.00 Å². The molecule has 0 saturated heterocycles. The van der Waals surface area contributed by atoms with Crippen LogP contribution in [0.2, 0.25) is 0 Å². The number of carbonyl (C=O) groups is 3. The summed E-state index contributed by atoms with van der Waals surface area (Å²) in [5.41, 5.74) is 1.55. The van der Waals surface area contributed by atoms with E-state index in [1.54, 1.807) is 32.4 Å². The predicted molar refractivity (Wildman–Crippen MR) is 125 cm³/mol. The molecule has 33 heavy (non-hydrogen) atoms. The Hall–Kier alpha value is -3.89. The van der Waals surface area contributed by atoms with Gasteiger partial charge < -0.3 is 30.7 Å². The van der Waals surface area contributed by atoms with Gasteiger partial charge in [-0.25, -0.2) is 4.79 Å². The number of rotatable bonds is 8. The lowest BCUT2D eigenvalue weighted by Gasteiger charge is -2.11. The van der Waals surface area contributed by atoms with Gasteiger partial charge in [0.15, 0.2) is 11.5 Å². The first-order valence-electron chi connectivity index (χ1n) is 9.56. The molecule has 0 radical (unpaired) electrons. The molecule has 0 atom stereocenters. The number of anilines is 1. The second-order valence-corrected chi connectivity index (χ2v) is 8.06. The molecular formula is C23H24N2O7S. The monoisotopic (exact) mass is 472 g/mol.